The molecule has 6 nitrogen and oxygen atoms in total. The van der Waals surface area contributed by atoms with Gasteiger partial charge in [0, 0.05) is 18.2 Å². The summed E-state index contributed by atoms with van der Waals surface area (Å²) in [6, 6.07) is 11.7. The van der Waals surface area contributed by atoms with Crippen molar-refractivity contribution in [2.24, 2.45) is 17.8 Å². The maximum Gasteiger partial charge on any atom is 0.573 e. The topological polar surface area (TPSA) is 76.4 Å². The number of halogens is 3. The highest BCUT2D eigenvalue weighted by Gasteiger charge is 2.34. The summed E-state index contributed by atoms with van der Waals surface area (Å²) in [6.45, 7) is 6.74. The van der Waals surface area contributed by atoms with Crippen LogP contribution < -0.4 is 10.1 Å². The molecule has 3 atom stereocenters. The first-order valence-corrected chi connectivity index (χ1v) is 12.4. The van der Waals surface area contributed by atoms with E-state index in [1.54, 1.807) is 0 Å². The van der Waals surface area contributed by atoms with Gasteiger partial charge in [-0.1, -0.05) is 33.3 Å². The van der Waals surface area contributed by atoms with Crippen LogP contribution in [0, 0.1) is 17.8 Å². The third-order valence-corrected chi connectivity index (χ3v) is 7.04. The molecule has 3 aromatic rings. The molecule has 0 radical (unpaired) electrons. The molecule has 1 aromatic heterocycles. The van der Waals surface area contributed by atoms with Crippen molar-refractivity contribution in [1.82, 2.24) is 9.55 Å². The molecule has 1 aliphatic carbocycles. The van der Waals surface area contributed by atoms with Crippen LogP contribution in [-0.4, -0.2) is 27.0 Å². The van der Waals surface area contributed by atoms with Crippen LogP contribution in [-0.2, 0) is 11.2 Å². The SMILES string of the molecule is CC1CC[C@@H](C(C)C)C(n2c(Nc3ccc(OC(F)(F)F)cc3)nc3cc(CCC(=O)O)ccc32)C1. The van der Waals surface area contributed by atoms with Crippen LogP contribution >= 0.6 is 0 Å². The van der Waals surface area contributed by atoms with Crippen LogP contribution in [0.25, 0.3) is 11.0 Å². The molecule has 2 N–H and O–H groups in total. The van der Waals surface area contributed by atoms with Gasteiger partial charge in [-0.05, 0) is 79.0 Å². The van der Waals surface area contributed by atoms with Crippen molar-refractivity contribution in [3.05, 3.63) is 48.0 Å². The monoisotopic (exact) mass is 503 g/mol. The normalized spacial score (nSPS) is 20.6. The van der Waals surface area contributed by atoms with Crippen molar-refractivity contribution in [3.8, 4) is 5.75 Å². The number of hydrogen-bond acceptors (Lipinski definition) is 4. The molecule has 9 heteroatoms. The summed E-state index contributed by atoms with van der Waals surface area (Å²) in [7, 11) is 0. The van der Waals surface area contributed by atoms with Crippen molar-refractivity contribution in [2.45, 2.75) is 65.3 Å². The van der Waals surface area contributed by atoms with Crippen molar-refractivity contribution in [2.75, 3.05) is 5.32 Å². The van der Waals surface area contributed by atoms with E-state index in [1.165, 1.54) is 30.7 Å². The van der Waals surface area contributed by atoms with Gasteiger partial charge in [0.05, 0.1) is 11.0 Å². The quantitative estimate of drug-likeness (QED) is 0.337. The van der Waals surface area contributed by atoms with E-state index in [2.05, 4.69) is 35.4 Å². The predicted octanol–water partition coefficient (Wildman–Crippen LogP) is 7.33. The number of carbonyl (C=O) groups is 1. The number of carboxylic acids is 1. The van der Waals surface area contributed by atoms with E-state index in [4.69, 9.17) is 10.1 Å². The number of fused-ring (bicyclic) bond motifs is 1. The van der Waals surface area contributed by atoms with Gasteiger partial charge in [0.15, 0.2) is 0 Å². The fourth-order valence-corrected chi connectivity index (χ4v) is 5.29. The second-order valence-corrected chi connectivity index (χ2v) is 10.1. The number of benzene rings is 2. The summed E-state index contributed by atoms with van der Waals surface area (Å²) < 4.78 is 43.9. The lowest BCUT2D eigenvalue weighted by molar-refractivity contribution is -0.274. The van der Waals surface area contributed by atoms with E-state index in [-0.39, 0.29) is 18.2 Å². The van der Waals surface area contributed by atoms with E-state index < -0.39 is 12.3 Å². The number of nitrogens with zero attached hydrogens (tertiary/aromatic N) is 2. The third-order valence-electron chi connectivity index (χ3n) is 7.04. The molecule has 1 saturated carbocycles. The van der Waals surface area contributed by atoms with E-state index >= 15 is 0 Å². The summed E-state index contributed by atoms with van der Waals surface area (Å²) in [6.07, 6.45) is -1.000. The second kappa shape index (κ2) is 10.4. The number of imidazole rings is 1. The van der Waals surface area contributed by atoms with E-state index in [9.17, 15) is 18.0 Å². The smallest absolute Gasteiger partial charge is 0.481 e. The Labute approximate surface area is 208 Å². The molecule has 0 bridgehead atoms. The molecule has 2 aromatic carbocycles. The molecular formula is C27H32F3N3O3. The minimum atomic E-state index is -4.75. The number of aromatic nitrogens is 2. The number of anilines is 2. The van der Waals surface area contributed by atoms with Gasteiger partial charge >= 0.3 is 12.3 Å². The molecular weight excluding hydrogens is 471 g/mol. The number of hydrogen-bond donors (Lipinski definition) is 2. The highest BCUT2D eigenvalue weighted by molar-refractivity contribution is 5.81. The lowest BCUT2D eigenvalue weighted by atomic mass is 9.74. The average Bonchev–Trinajstić information content (AvgIpc) is 3.14. The van der Waals surface area contributed by atoms with Crippen LogP contribution in [0.2, 0.25) is 0 Å². The Morgan fingerprint density at radius 2 is 1.92 bits per heavy atom. The highest BCUT2D eigenvalue weighted by atomic mass is 19.4. The van der Waals surface area contributed by atoms with Crippen LogP contribution in [0.15, 0.2) is 42.5 Å². The van der Waals surface area contributed by atoms with Gasteiger partial charge in [0.2, 0.25) is 5.95 Å². The van der Waals surface area contributed by atoms with E-state index in [1.807, 2.05) is 18.2 Å². The van der Waals surface area contributed by atoms with E-state index in [0.29, 0.717) is 35.8 Å². The zero-order valence-electron chi connectivity index (χ0n) is 20.7. The summed E-state index contributed by atoms with van der Waals surface area (Å²) in [4.78, 5) is 15.9. The number of carboxylic acid groups (broad SMARTS) is 1. The Kier molecular flexibility index (Phi) is 7.47. The molecule has 2 unspecified atom stereocenters. The molecule has 0 aliphatic heterocycles. The number of aryl methyl sites for hydroxylation is 1. The lowest BCUT2D eigenvalue weighted by Crippen LogP contribution is -2.30. The highest BCUT2D eigenvalue weighted by Crippen LogP contribution is 2.44. The molecule has 1 aliphatic rings. The first-order valence-electron chi connectivity index (χ1n) is 12.4. The Balaban J connectivity index is 1.73. The zero-order valence-corrected chi connectivity index (χ0v) is 20.7. The molecule has 1 heterocycles. The standard InChI is InChI=1S/C27H32F3N3O3/c1-16(2)21-11-4-17(3)14-24(21)33-23-12-5-18(6-13-25(34)35)15-22(23)32-26(33)31-19-7-9-20(10-8-19)36-27(28,29)30/h5,7-10,12,15-17,21,24H,4,6,11,13-14H2,1-3H3,(H,31,32)(H,34,35)/t17?,21-,24?/m0/s1. The van der Waals surface area contributed by atoms with Crippen molar-refractivity contribution >= 4 is 28.6 Å². The summed E-state index contributed by atoms with van der Waals surface area (Å²) in [5.74, 6) is 0.968. The van der Waals surface area contributed by atoms with E-state index in [0.717, 1.165) is 29.4 Å². The molecule has 4 rings (SSSR count). The summed E-state index contributed by atoms with van der Waals surface area (Å²) in [5, 5.41) is 12.4. The Hall–Kier alpha value is -3.23. The zero-order chi connectivity index (χ0) is 26.0. The molecule has 0 spiro atoms. The Morgan fingerprint density at radius 3 is 2.56 bits per heavy atom. The van der Waals surface area contributed by atoms with Crippen molar-refractivity contribution in [1.29, 1.82) is 0 Å². The molecule has 194 valence electrons. The van der Waals surface area contributed by atoms with Gasteiger partial charge in [-0.15, -0.1) is 13.2 Å². The Bertz CT molecular complexity index is 1200. The van der Waals surface area contributed by atoms with Gasteiger partial charge < -0.3 is 19.7 Å². The van der Waals surface area contributed by atoms with Gasteiger partial charge in [-0.3, -0.25) is 4.79 Å². The first-order chi connectivity index (χ1) is 17.0. The number of alkyl halides is 3. The lowest BCUT2D eigenvalue weighted by Gasteiger charge is -2.39. The number of rotatable bonds is 8. The average molecular weight is 504 g/mol. The Morgan fingerprint density at radius 1 is 1.19 bits per heavy atom. The predicted molar refractivity (Wildman–Crippen MR) is 132 cm³/mol. The van der Waals surface area contributed by atoms with Gasteiger partial charge in [-0.2, -0.15) is 0 Å². The number of nitrogens with one attached hydrogen (secondary N) is 1. The number of aliphatic carboxylic acids is 1. The molecule has 0 amide bonds. The van der Waals surface area contributed by atoms with Crippen molar-refractivity contribution in [3.63, 3.8) is 0 Å². The maximum absolute atomic E-state index is 12.5. The van der Waals surface area contributed by atoms with Crippen LogP contribution in [0.3, 0.4) is 0 Å². The fourth-order valence-electron chi connectivity index (χ4n) is 5.29. The number of ether oxygens (including phenoxy) is 1. The molecule has 1 fully saturated rings. The fraction of sp³-hybridized carbons (Fsp3) is 0.481. The largest absolute Gasteiger partial charge is 0.573 e. The van der Waals surface area contributed by atoms with Crippen LogP contribution in [0.5, 0.6) is 5.75 Å². The van der Waals surface area contributed by atoms with Crippen LogP contribution in [0.4, 0.5) is 24.8 Å². The second-order valence-electron chi connectivity index (χ2n) is 10.1. The summed E-state index contributed by atoms with van der Waals surface area (Å²) >= 11 is 0. The first kappa shape index (κ1) is 25.9. The van der Waals surface area contributed by atoms with Gasteiger partial charge in [0.1, 0.15) is 5.75 Å². The van der Waals surface area contributed by atoms with Gasteiger partial charge in [-0.25, -0.2) is 4.98 Å². The minimum Gasteiger partial charge on any atom is -0.481 e. The molecule has 36 heavy (non-hydrogen) atoms. The third kappa shape index (κ3) is 6.12. The maximum atomic E-state index is 12.5. The summed E-state index contributed by atoms with van der Waals surface area (Å²) in [5.41, 5.74) is 3.21. The van der Waals surface area contributed by atoms with Gasteiger partial charge in [0.25, 0.3) is 0 Å². The minimum absolute atomic E-state index is 0.0409. The van der Waals surface area contributed by atoms with Crippen LogP contribution in [0.1, 0.15) is 58.1 Å². The van der Waals surface area contributed by atoms with Crippen molar-refractivity contribution < 1.29 is 27.8 Å². The molecule has 0 saturated heterocycles.